The number of pyridine rings is 1. The van der Waals surface area contributed by atoms with Crippen LogP contribution in [-0.2, 0) is 0 Å². The van der Waals surface area contributed by atoms with Crippen LogP contribution in [-0.4, -0.2) is 34.6 Å². The van der Waals surface area contributed by atoms with E-state index in [1.165, 1.54) is 51.4 Å². The van der Waals surface area contributed by atoms with Gasteiger partial charge in [0, 0.05) is 22.5 Å². The maximum absolute atomic E-state index is 11.4. The zero-order chi connectivity index (χ0) is 23.5. The molecule has 0 fully saturated rings. The quantitative estimate of drug-likeness (QED) is 0.244. The summed E-state index contributed by atoms with van der Waals surface area (Å²) in [5, 5.41) is 13.1. The average Bonchev–Trinajstić information content (AvgIpc) is 2.83. The second-order valence-corrected chi connectivity index (χ2v) is 9.50. The lowest BCUT2D eigenvalue weighted by Crippen LogP contribution is -2.31. The third kappa shape index (κ3) is 7.81. The number of aliphatic hydroxyl groups excluding tert-OH is 1. The molecule has 0 amide bonds. The highest BCUT2D eigenvalue weighted by Gasteiger charge is 2.18. The number of hydrogen-bond acceptors (Lipinski definition) is 3. The minimum atomic E-state index is -0.573. The molecule has 0 bridgehead atoms. The maximum Gasteiger partial charge on any atom is 0.0924 e. The van der Waals surface area contributed by atoms with Gasteiger partial charge in [0.15, 0.2) is 0 Å². The van der Waals surface area contributed by atoms with Crippen molar-refractivity contribution in [2.24, 2.45) is 0 Å². The monoisotopic (exact) mass is 466 g/mol. The summed E-state index contributed by atoms with van der Waals surface area (Å²) < 4.78 is 0. The van der Waals surface area contributed by atoms with E-state index < -0.39 is 6.10 Å². The number of aromatic nitrogens is 1. The van der Waals surface area contributed by atoms with Gasteiger partial charge < -0.3 is 10.0 Å². The molecule has 1 aromatic heterocycles. The summed E-state index contributed by atoms with van der Waals surface area (Å²) in [7, 11) is 0. The molecule has 1 atom stereocenters. The Balaban J connectivity index is 1.84. The molecule has 0 aliphatic carbocycles. The first-order chi connectivity index (χ1) is 16.1. The first-order valence-electron chi connectivity index (χ1n) is 12.7. The summed E-state index contributed by atoms with van der Waals surface area (Å²) in [6, 6.07) is 18.0. The number of aliphatic hydroxyl groups is 1. The van der Waals surface area contributed by atoms with Crippen molar-refractivity contribution in [2.75, 3.05) is 19.6 Å². The number of rotatable bonds is 14. The fourth-order valence-electron chi connectivity index (χ4n) is 4.42. The van der Waals surface area contributed by atoms with Gasteiger partial charge in [-0.25, -0.2) is 4.98 Å². The molecule has 3 rings (SSSR count). The highest BCUT2D eigenvalue weighted by atomic mass is 35.5. The summed E-state index contributed by atoms with van der Waals surface area (Å²) in [4.78, 5) is 7.32. The first-order valence-corrected chi connectivity index (χ1v) is 13.1. The number of nitrogens with zero attached hydrogens (tertiary/aromatic N) is 2. The van der Waals surface area contributed by atoms with Gasteiger partial charge in [-0.1, -0.05) is 100 Å². The van der Waals surface area contributed by atoms with Gasteiger partial charge in [0.05, 0.1) is 17.3 Å². The SMILES string of the molecule is CCCCCCN(CCCCCC)CC(O)c1cc(-c2ccccc2)nc2cc(Cl)ccc12. The van der Waals surface area contributed by atoms with Crippen molar-refractivity contribution in [1.29, 1.82) is 0 Å². The summed E-state index contributed by atoms with van der Waals surface area (Å²) in [5.41, 5.74) is 3.68. The zero-order valence-corrected chi connectivity index (χ0v) is 21.0. The summed E-state index contributed by atoms with van der Waals surface area (Å²) in [6.07, 6.45) is 9.37. The lowest BCUT2D eigenvalue weighted by Gasteiger charge is -2.26. The van der Waals surface area contributed by atoms with E-state index in [1.807, 2.05) is 36.4 Å². The van der Waals surface area contributed by atoms with Crippen molar-refractivity contribution in [1.82, 2.24) is 9.88 Å². The van der Waals surface area contributed by atoms with Crippen molar-refractivity contribution in [3.8, 4) is 11.3 Å². The van der Waals surface area contributed by atoms with E-state index in [9.17, 15) is 5.11 Å². The third-order valence-corrected chi connectivity index (χ3v) is 6.55. The molecule has 1 N–H and O–H groups in total. The topological polar surface area (TPSA) is 36.4 Å². The zero-order valence-electron chi connectivity index (χ0n) is 20.3. The van der Waals surface area contributed by atoms with Crippen molar-refractivity contribution >= 4 is 22.5 Å². The molecule has 3 nitrogen and oxygen atoms in total. The van der Waals surface area contributed by atoms with Gasteiger partial charge in [0.2, 0.25) is 0 Å². The molecule has 0 saturated heterocycles. The molecular formula is C29H39ClN2O. The molecule has 33 heavy (non-hydrogen) atoms. The molecule has 0 aliphatic heterocycles. The number of hydrogen-bond donors (Lipinski definition) is 1. The van der Waals surface area contributed by atoms with Gasteiger partial charge in [-0.05, 0) is 49.7 Å². The van der Waals surface area contributed by atoms with E-state index >= 15 is 0 Å². The molecule has 1 heterocycles. The van der Waals surface area contributed by atoms with Crippen LogP contribution >= 0.6 is 11.6 Å². The molecule has 0 radical (unpaired) electrons. The number of halogens is 1. The van der Waals surface area contributed by atoms with Crippen LogP contribution < -0.4 is 0 Å². The van der Waals surface area contributed by atoms with E-state index in [2.05, 4.69) is 36.9 Å². The standard InChI is InChI=1S/C29H39ClN2O/c1-3-5-7-12-18-32(19-13-8-6-4-2)22-29(33)26-21-27(23-14-10-9-11-15-23)31-28-20-24(30)16-17-25(26)28/h9-11,14-17,20-21,29,33H,3-8,12-13,18-19,22H2,1-2H3. The van der Waals surface area contributed by atoms with Crippen molar-refractivity contribution < 1.29 is 5.11 Å². The van der Waals surface area contributed by atoms with Gasteiger partial charge in [0.1, 0.15) is 0 Å². The van der Waals surface area contributed by atoms with Crippen molar-refractivity contribution in [2.45, 2.75) is 71.3 Å². The normalized spacial score (nSPS) is 12.5. The minimum absolute atomic E-state index is 0.573. The number of unbranched alkanes of at least 4 members (excludes halogenated alkanes) is 6. The number of fused-ring (bicyclic) bond motifs is 1. The molecule has 3 aromatic rings. The Morgan fingerprint density at radius 2 is 1.52 bits per heavy atom. The Bertz CT molecular complexity index is 964. The largest absolute Gasteiger partial charge is 0.387 e. The third-order valence-electron chi connectivity index (χ3n) is 6.32. The molecule has 0 aliphatic rings. The van der Waals surface area contributed by atoms with Crippen LogP contribution in [0.4, 0.5) is 0 Å². The highest BCUT2D eigenvalue weighted by Crippen LogP contribution is 2.31. The smallest absolute Gasteiger partial charge is 0.0924 e. The Labute approximate surface area is 204 Å². The Morgan fingerprint density at radius 3 is 2.15 bits per heavy atom. The summed E-state index contributed by atoms with van der Waals surface area (Å²) >= 11 is 6.29. The van der Waals surface area contributed by atoms with Gasteiger partial charge in [-0.15, -0.1) is 0 Å². The van der Waals surface area contributed by atoms with Crippen molar-refractivity contribution in [3.63, 3.8) is 0 Å². The second-order valence-electron chi connectivity index (χ2n) is 9.06. The Morgan fingerprint density at radius 1 is 0.848 bits per heavy atom. The van der Waals surface area contributed by atoms with Crippen LogP contribution in [0, 0.1) is 0 Å². The predicted molar refractivity (Wildman–Crippen MR) is 142 cm³/mol. The van der Waals surface area contributed by atoms with Crippen LogP contribution in [0.5, 0.6) is 0 Å². The number of benzene rings is 2. The van der Waals surface area contributed by atoms with Crippen LogP contribution in [0.25, 0.3) is 22.2 Å². The predicted octanol–water partition coefficient (Wildman–Crippen LogP) is 8.05. The Kier molecular flexibility index (Phi) is 10.7. The Hall–Kier alpha value is -1.94. The lowest BCUT2D eigenvalue weighted by molar-refractivity contribution is 0.111. The fourth-order valence-corrected chi connectivity index (χ4v) is 4.59. The average molecular weight is 467 g/mol. The van der Waals surface area contributed by atoms with Crippen LogP contribution in [0.1, 0.15) is 76.9 Å². The van der Waals surface area contributed by atoms with Gasteiger partial charge >= 0.3 is 0 Å². The molecule has 1 unspecified atom stereocenters. The molecule has 2 aromatic carbocycles. The molecule has 0 spiro atoms. The van der Waals surface area contributed by atoms with Crippen LogP contribution in [0.2, 0.25) is 5.02 Å². The van der Waals surface area contributed by atoms with E-state index in [1.54, 1.807) is 0 Å². The van der Waals surface area contributed by atoms with Gasteiger partial charge in [-0.3, -0.25) is 0 Å². The molecular weight excluding hydrogens is 428 g/mol. The van der Waals surface area contributed by atoms with Crippen LogP contribution in [0.15, 0.2) is 54.6 Å². The second kappa shape index (κ2) is 13.7. The van der Waals surface area contributed by atoms with Gasteiger partial charge in [-0.2, -0.15) is 0 Å². The lowest BCUT2D eigenvalue weighted by atomic mass is 9.99. The minimum Gasteiger partial charge on any atom is -0.387 e. The van der Waals surface area contributed by atoms with Crippen LogP contribution in [0.3, 0.4) is 0 Å². The van der Waals surface area contributed by atoms with E-state index in [4.69, 9.17) is 16.6 Å². The molecule has 178 valence electrons. The maximum atomic E-state index is 11.4. The van der Waals surface area contributed by atoms with E-state index in [-0.39, 0.29) is 0 Å². The summed E-state index contributed by atoms with van der Waals surface area (Å²) in [5.74, 6) is 0. The fraction of sp³-hybridized carbons (Fsp3) is 0.483. The molecule has 4 heteroatoms. The van der Waals surface area contributed by atoms with Gasteiger partial charge in [0.25, 0.3) is 0 Å². The van der Waals surface area contributed by atoms with E-state index in [0.29, 0.717) is 11.6 Å². The molecule has 0 saturated carbocycles. The van der Waals surface area contributed by atoms with Crippen molar-refractivity contribution in [3.05, 3.63) is 65.2 Å². The summed E-state index contributed by atoms with van der Waals surface area (Å²) in [6.45, 7) is 7.23. The van der Waals surface area contributed by atoms with E-state index in [0.717, 1.165) is 40.8 Å². The first kappa shape index (κ1) is 25.7. The highest BCUT2D eigenvalue weighted by molar-refractivity contribution is 6.31.